The second-order valence-electron chi connectivity index (χ2n) is 6.91. The van der Waals surface area contributed by atoms with Crippen LogP contribution >= 0.6 is 11.3 Å². The molecule has 1 atom stereocenters. The molecular weight excluding hydrogens is 380 g/mol. The smallest absolute Gasteiger partial charge is 0.247 e. The normalized spacial score (nSPS) is 17.2. The van der Waals surface area contributed by atoms with Crippen molar-refractivity contribution in [3.63, 3.8) is 0 Å². The number of thiophene rings is 1. The monoisotopic (exact) mass is 402 g/mol. The van der Waals surface area contributed by atoms with Gasteiger partial charge in [0.25, 0.3) is 0 Å². The Labute approximate surface area is 174 Å². The molecule has 1 aromatic heterocycles. The van der Waals surface area contributed by atoms with Crippen LogP contribution < -0.4 is 5.32 Å². The molecule has 29 heavy (non-hydrogen) atoms. The molecule has 4 rings (SSSR count). The van der Waals surface area contributed by atoms with E-state index in [1.54, 1.807) is 22.3 Å². The Balaban J connectivity index is 1.53. The van der Waals surface area contributed by atoms with Crippen LogP contribution in [0.5, 0.6) is 0 Å². The Morgan fingerprint density at radius 2 is 1.72 bits per heavy atom. The van der Waals surface area contributed by atoms with Crippen molar-refractivity contribution in [2.24, 2.45) is 0 Å². The highest BCUT2D eigenvalue weighted by Crippen LogP contribution is 2.29. The summed E-state index contributed by atoms with van der Waals surface area (Å²) in [5.41, 5.74) is 2.15. The molecule has 0 radical (unpaired) electrons. The zero-order valence-electron chi connectivity index (χ0n) is 16.0. The molecule has 1 saturated heterocycles. The summed E-state index contributed by atoms with van der Waals surface area (Å²) in [5.74, 6) is -0.103. The summed E-state index contributed by atoms with van der Waals surface area (Å²) in [5, 5.41) is 2.87. The molecule has 1 fully saturated rings. The zero-order valence-corrected chi connectivity index (χ0v) is 16.8. The van der Waals surface area contributed by atoms with Crippen LogP contribution in [0.3, 0.4) is 0 Å². The van der Waals surface area contributed by atoms with Crippen molar-refractivity contribution in [3.8, 4) is 10.4 Å². The lowest BCUT2D eigenvalue weighted by Gasteiger charge is -2.28. The Bertz CT molecular complexity index is 1010. The number of nitrogens with zero attached hydrogens (tertiary/aromatic N) is 1. The molecule has 1 N–H and O–H groups in total. The van der Waals surface area contributed by atoms with E-state index in [4.69, 9.17) is 0 Å². The van der Waals surface area contributed by atoms with E-state index < -0.39 is 0 Å². The van der Waals surface area contributed by atoms with Gasteiger partial charge in [0.05, 0.1) is 12.5 Å². The minimum absolute atomic E-state index is 0.0242. The largest absolute Gasteiger partial charge is 0.354 e. The lowest BCUT2D eigenvalue weighted by Crippen LogP contribution is -2.35. The van der Waals surface area contributed by atoms with Gasteiger partial charge in [-0.2, -0.15) is 0 Å². The molecule has 5 heteroatoms. The maximum atomic E-state index is 13.0. The number of rotatable bonds is 4. The van der Waals surface area contributed by atoms with E-state index in [-0.39, 0.29) is 24.3 Å². The van der Waals surface area contributed by atoms with E-state index in [2.05, 4.69) is 23.5 Å². The third kappa shape index (κ3) is 4.63. The first-order chi connectivity index (χ1) is 14.2. The number of nitrogens with one attached hydrogen (secondary N) is 1. The van der Waals surface area contributed by atoms with Gasteiger partial charge in [-0.25, -0.2) is 0 Å². The van der Waals surface area contributed by atoms with Crippen LogP contribution in [0.15, 0.2) is 78.9 Å². The SMILES string of the molecule is O=C1CC(c2ccccc2)N(C(=O)C=Cc2ccc(-c3ccccc3)s2)CCN1. The number of amides is 2. The van der Waals surface area contributed by atoms with Crippen molar-refractivity contribution in [3.05, 3.63) is 89.3 Å². The highest BCUT2D eigenvalue weighted by molar-refractivity contribution is 7.16. The van der Waals surface area contributed by atoms with Gasteiger partial charge in [-0.3, -0.25) is 9.59 Å². The second-order valence-corrected chi connectivity index (χ2v) is 8.03. The van der Waals surface area contributed by atoms with Gasteiger partial charge >= 0.3 is 0 Å². The van der Waals surface area contributed by atoms with Gasteiger partial charge in [-0.05, 0) is 29.3 Å². The molecule has 0 aliphatic carbocycles. The zero-order chi connectivity index (χ0) is 20.1. The number of hydrogen-bond acceptors (Lipinski definition) is 3. The minimum atomic E-state index is -0.251. The van der Waals surface area contributed by atoms with E-state index in [1.165, 1.54) is 10.4 Å². The Kier molecular flexibility index (Phi) is 5.86. The van der Waals surface area contributed by atoms with Crippen molar-refractivity contribution in [1.82, 2.24) is 10.2 Å². The summed E-state index contributed by atoms with van der Waals surface area (Å²) in [7, 11) is 0. The quantitative estimate of drug-likeness (QED) is 0.653. The predicted octanol–water partition coefficient (Wildman–Crippen LogP) is 4.52. The van der Waals surface area contributed by atoms with Gasteiger partial charge in [-0.1, -0.05) is 60.7 Å². The number of carbonyl (C=O) groups excluding carboxylic acids is 2. The molecule has 1 aliphatic rings. The van der Waals surface area contributed by atoms with E-state index in [9.17, 15) is 9.59 Å². The van der Waals surface area contributed by atoms with Crippen molar-refractivity contribution in [2.45, 2.75) is 12.5 Å². The molecule has 1 aliphatic heterocycles. The molecule has 3 aromatic rings. The summed E-state index contributed by atoms with van der Waals surface area (Å²) < 4.78 is 0. The van der Waals surface area contributed by atoms with E-state index >= 15 is 0 Å². The molecule has 2 amide bonds. The maximum absolute atomic E-state index is 13.0. The van der Waals surface area contributed by atoms with Gasteiger partial charge < -0.3 is 10.2 Å². The van der Waals surface area contributed by atoms with Gasteiger partial charge in [0.15, 0.2) is 0 Å². The fourth-order valence-electron chi connectivity index (χ4n) is 3.52. The lowest BCUT2D eigenvalue weighted by atomic mass is 10.0. The summed E-state index contributed by atoms with van der Waals surface area (Å²) in [4.78, 5) is 29.1. The van der Waals surface area contributed by atoms with Crippen LogP contribution in [0.25, 0.3) is 16.5 Å². The molecular formula is C24H22N2O2S. The number of hydrogen-bond donors (Lipinski definition) is 1. The van der Waals surface area contributed by atoms with Crippen LogP contribution in [-0.2, 0) is 9.59 Å². The van der Waals surface area contributed by atoms with Crippen LogP contribution in [0.1, 0.15) is 22.9 Å². The minimum Gasteiger partial charge on any atom is -0.354 e. The van der Waals surface area contributed by atoms with E-state index in [0.29, 0.717) is 13.1 Å². The molecule has 2 heterocycles. The topological polar surface area (TPSA) is 49.4 Å². The van der Waals surface area contributed by atoms with Crippen molar-refractivity contribution >= 4 is 29.2 Å². The summed E-state index contributed by atoms with van der Waals surface area (Å²) in [6.45, 7) is 0.965. The van der Waals surface area contributed by atoms with Crippen LogP contribution in [0.2, 0.25) is 0 Å². The number of benzene rings is 2. The van der Waals surface area contributed by atoms with Crippen LogP contribution in [-0.4, -0.2) is 29.8 Å². The fourth-order valence-corrected chi connectivity index (χ4v) is 4.43. The van der Waals surface area contributed by atoms with Crippen molar-refractivity contribution in [2.75, 3.05) is 13.1 Å². The van der Waals surface area contributed by atoms with Gasteiger partial charge in [-0.15, -0.1) is 11.3 Å². The van der Waals surface area contributed by atoms with Gasteiger partial charge in [0, 0.05) is 28.9 Å². The highest BCUT2D eigenvalue weighted by Gasteiger charge is 2.28. The highest BCUT2D eigenvalue weighted by atomic mass is 32.1. The standard InChI is InChI=1S/C24H22N2O2S/c27-23-17-21(18-7-3-1-4-8-18)26(16-15-25-23)24(28)14-12-20-11-13-22(29-20)19-9-5-2-6-10-19/h1-14,21H,15-17H2,(H,25,27). The summed E-state index contributed by atoms with van der Waals surface area (Å²) in [6.07, 6.45) is 3.76. The second kappa shape index (κ2) is 8.88. The lowest BCUT2D eigenvalue weighted by molar-refractivity contribution is -0.128. The summed E-state index contributed by atoms with van der Waals surface area (Å²) in [6, 6.07) is 23.8. The summed E-state index contributed by atoms with van der Waals surface area (Å²) >= 11 is 1.65. The first-order valence-corrected chi connectivity index (χ1v) is 10.5. The Hall–Kier alpha value is -3.18. The van der Waals surface area contributed by atoms with Crippen LogP contribution in [0, 0.1) is 0 Å². The third-order valence-electron chi connectivity index (χ3n) is 4.97. The molecule has 1 unspecified atom stereocenters. The fraction of sp³-hybridized carbons (Fsp3) is 0.167. The van der Waals surface area contributed by atoms with Gasteiger partial charge in [0.1, 0.15) is 0 Å². The average Bonchev–Trinajstić information content (AvgIpc) is 3.15. The number of carbonyl (C=O) groups is 2. The first-order valence-electron chi connectivity index (χ1n) is 9.66. The molecule has 0 bridgehead atoms. The maximum Gasteiger partial charge on any atom is 0.247 e. The predicted molar refractivity (Wildman–Crippen MR) is 117 cm³/mol. The Morgan fingerprint density at radius 3 is 2.48 bits per heavy atom. The average molecular weight is 403 g/mol. The van der Waals surface area contributed by atoms with Crippen molar-refractivity contribution < 1.29 is 9.59 Å². The van der Waals surface area contributed by atoms with E-state index in [0.717, 1.165) is 10.4 Å². The van der Waals surface area contributed by atoms with E-state index in [1.807, 2.05) is 60.7 Å². The van der Waals surface area contributed by atoms with Crippen LogP contribution in [0.4, 0.5) is 0 Å². The van der Waals surface area contributed by atoms with Gasteiger partial charge in [0.2, 0.25) is 11.8 Å². The molecule has 0 saturated carbocycles. The Morgan fingerprint density at radius 1 is 1.00 bits per heavy atom. The molecule has 0 spiro atoms. The first kappa shape index (κ1) is 19.2. The third-order valence-corrected chi connectivity index (χ3v) is 6.07. The molecule has 2 aromatic carbocycles. The van der Waals surface area contributed by atoms with Crippen molar-refractivity contribution in [1.29, 1.82) is 0 Å². The molecule has 146 valence electrons. The molecule has 4 nitrogen and oxygen atoms in total.